The summed E-state index contributed by atoms with van der Waals surface area (Å²) in [6.07, 6.45) is 1.59. The van der Waals surface area contributed by atoms with Crippen molar-refractivity contribution in [2.75, 3.05) is 41.1 Å². The second-order valence-corrected chi connectivity index (χ2v) is 8.57. The van der Waals surface area contributed by atoms with E-state index in [4.69, 9.17) is 18.9 Å². The number of para-hydroxylation sites is 2. The summed E-state index contributed by atoms with van der Waals surface area (Å²) in [4.78, 5) is 38.0. The van der Waals surface area contributed by atoms with E-state index in [1.807, 2.05) is 6.07 Å². The second-order valence-electron chi connectivity index (χ2n) is 6.72. The van der Waals surface area contributed by atoms with Crippen molar-refractivity contribution in [2.24, 2.45) is 0 Å². The van der Waals surface area contributed by atoms with Crippen LogP contribution in [-0.2, 0) is 14.3 Å². The van der Waals surface area contributed by atoms with Crippen molar-refractivity contribution in [3.8, 4) is 23.0 Å². The molecule has 0 bridgehead atoms. The predicted octanol–water partition coefficient (Wildman–Crippen LogP) is 4.13. The van der Waals surface area contributed by atoms with Gasteiger partial charge in [-0.25, -0.2) is 4.79 Å². The fraction of sp³-hybridized carbons (Fsp3) is 0.261. The third-order valence-electron chi connectivity index (χ3n) is 4.66. The van der Waals surface area contributed by atoms with E-state index in [0.717, 1.165) is 16.7 Å². The number of methoxy groups -OCH3 is 3. The highest BCUT2D eigenvalue weighted by molar-refractivity contribution is 9.10. The summed E-state index contributed by atoms with van der Waals surface area (Å²) >= 11 is 4.26. The van der Waals surface area contributed by atoms with Crippen molar-refractivity contribution in [3.05, 3.63) is 51.3 Å². The Morgan fingerprint density at radius 1 is 1.00 bits per heavy atom. The molecule has 0 aliphatic carbocycles. The number of nitrogens with zero attached hydrogens (tertiary/aromatic N) is 1. The Balaban J connectivity index is 1.70. The largest absolute Gasteiger partial charge is 0.493 e. The Bertz CT molecular complexity index is 1120. The van der Waals surface area contributed by atoms with Crippen LogP contribution < -0.4 is 18.9 Å². The number of hydrogen-bond donors (Lipinski definition) is 0. The van der Waals surface area contributed by atoms with Gasteiger partial charge in [-0.15, -0.1) is 0 Å². The monoisotopic (exact) mass is 551 g/mol. The van der Waals surface area contributed by atoms with Crippen molar-refractivity contribution in [2.45, 2.75) is 0 Å². The zero-order chi connectivity index (χ0) is 24.7. The van der Waals surface area contributed by atoms with E-state index in [2.05, 4.69) is 20.7 Å². The molecular formula is C23H22BrNO8S. The van der Waals surface area contributed by atoms with Crippen molar-refractivity contribution in [3.63, 3.8) is 0 Å². The van der Waals surface area contributed by atoms with Crippen molar-refractivity contribution < 1.29 is 38.1 Å². The van der Waals surface area contributed by atoms with Gasteiger partial charge < -0.3 is 23.7 Å². The first-order chi connectivity index (χ1) is 16.4. The molecular weight excluding hydrogens is 530 g/mol. The Labute approximate surface area is 209 Å². The average molecular weight is 552 g/mol. The second kappa shape index (κ2) is 11.8. The molecule has 0 aromatic heterocycles. The van der Waals surface area contributed by atoms with E-state index in [1.54, 1.807) is 36.4 Å². The molecule has 0 N–H and O–H groups in total. The highest BCUT2D eigenvalue weighted by Crippen LogP contribution is 2.38. The van der Waals surface area contributed by atoms with Crippen LogP contribution in [0.15, 0.2) is 45.8 Å². The van der Waals surface area contributed by atoms with Gasteiger partial charge in [0.25, 0.3) is 11.1 Å². The molecule has 0 spiro atoms. The quantitative estimate of drug-likeness (QED) is 0.318. The molecule has 1 aliphatic rings. The van der Waals surface area contributed by atoms with Gasteiger partial charge in [0.15, 0.2) is 29.6 Å². The van der Waals surface area contributed by atoms with Crippen LogP contribution in [0.3, 0.4) is 0 Å². The van der Waals surface area contributed by atoms with Crippen LogP contribution in [0.25, 0.3) is 6.08 Å². The zero-order valence-corrected chi connectivity index (χ0v) is 21.1. The first-order valence-corrected chi connectivity index (χ1v) is 11.6. The number of carbonyl (C=O) groups excluding carboxylic acids is 3. The molecule has 2 amide bonds. The number of ether oxygens (including phenoxy) is 5. The molecule has 9 nitrogen and oxygen atoms in total. The number of imide groups is 1. The van der Waals surface area contributed by atoms with Gasteiger partial charge in [-0.05, 0) is 47.7 Å². The predicted molar refractivity (Wildman–Crippen MR) is 129 cm³/mol. The molecule has 2 aromatic rings. The molecule has 0 saturated carbocycles. The standard InChI is InChI=1S/C23H22BrNO8S/c1-29-16-6-4-5-7-17(16)32-9-8-25-22(27)20(34-23(25)28)11-14-10-18(30-2)19(12-15(14)24)33-13-21(26)31-3/h4-7,10-12H,8-9,13H2,1-3H3/b20-11-. The maximum Gasteiger partial charge on any atom is 0.343 e. The number of carbonyl (C=O) groups is 3. The topological polar surface area (TPSA) is 101 Å². The van der Waals surface area contributed by atoms with Crippen molar-refractivity contribution in [1.29, 1.82) is 0 Å². The maximum absolute atomic E-state index is 12.8. The van der Waals surface area contributed by atoms with Crippen LogP contribution in [-0.4, -0.2) is 63.1 Å². The fourth-order valence-corrected chi connectivity index (χ4v) is 4.24. The lowest BCUT2D eigenvalue weighted by molar-refractivity contribution is -0.142. The lowest BCUT2D eigenvalue weighted by Gasteiger charge is -2.14. The van der Waals surface area contributed by atoms with Gasteiger partial charge in [0.1, 0.15) is 6.61 Å². The average Bonchev–Trinajstić information content (AvgIpc) is 3.11. The summed E-state index contributed by atoms with van der Waals surface area (Å²) in [5.74, 6) is 0.801. The molecule has 3 rings (SSSR count). The normalized spacial score (nSPS) is 14.4. The van der Waals surface area contributed by atoms with Gasteiger partial charge in [-0.2, -0.15) is 0 Å². The summed E-state index contributed by atoms with van der Waals surface area (Å²) in [5.41, 5.74) is 0.595. The number of benzene rings is 2. The summed E-state index contributed by atoms with van der Waals surface area (Å²) in [6, 6.07) is 10.4. The lowest BCUT2D eigenvalue weighted by atomic mass is 10.2. The smallest absolute Gasteiger partial charge is 0.343 e. The van der Waals surface area contributed by atoms with Crippen LogP contribution >= 0.6 is 27.7 Å². The summed E-state index contributed by atoms with van der Waals surface area (Å²) in [7, 11) is 4.25. The molecule has 0 atom stereocenters. The molecule has 1 saturated heterocycles. The van der Waals surface area contributed by atoms with E-state index < -0.39 is 11.9 Å². The first-order valence-electron chi connectivity index (χ1n) is 9.96. The highest BCUT2D eigenvalue weighted by Gasteiger charge is 2.35. The highest BCUT2D eigenvalue weighted by atomic mass is 79.9. The number of hydrogen-bond acceptors (Lipinski definition) is 9. The molecule has 11 heteroatoms. The van der Waals surface area contributed by atoms with Crippen LogP contribution in [0.4, 0.5) is 4.79 Å². The minimum atomic E-state index is -0.536. The van der Waals surface area contributed by atoms with Gasteiger partial charge in [0.2, 0.25) is 0 Å². The van der Waals surface area contributed by atoms with E-state index in [-0.39, 0.29) is 29.9 Å². The summed E-state index contributed by atoms with van der Waals surface area (Å²) < 4.78 is 26.8. The van der Waals surface area contributed by atoms with Gasteiger partial charge in [0.05, 0.1) is 32.8 Å². The fourth-order valence-electron chi connectivity index (χ4n) is 2.95. The third kappa shape index (κ3) is 6.03. The number of amides is 2. The molecule has 180 valence electrons. The van der Waals surface area contributed by atoms with E-state index in [0.29, 0.717) is 33.0 Å². The summed E-state index contributed by atoms with van der Waals surface area (Å²) in [5, 5.41) is -0.388. The van der Waals surface area contributed by atoms with Crippen LogP contribution in [0.1, 0.15) is 5.56 Å². The zero-order valence-electron chi connectivity index (χ0n) is 18.7. The lowest BCUT2D eigenvalue weighted by Crippen LogP contribution is -2.32. The molecule has 34 heavy (non-hydrogen) atoms. The number of thioether (sulfide) groups is 1. The van der Waals surface area contributed by atoms with Crippen molar-refractivity contribution >= 4 is 50.9 Å². The molecule has 1 aliphatic heterocycles. The van der Waals surface area contributed by atoms with E-state index in [9.17, 15) is 14.4 Å². The van der Waals surface area contributed by atoms with Gasteiger partial charge in [-0.1, -0.05) is 28.1 Å². The van der Waals surface area contributed by atoms with Crippen molar-refractivity contribution in [1.82, 2.24) is 4.90 Å². The Morgan fingerprint density at radius 2 is 1.71 bits per heavy atom. The maximum atomic E-state index is 12.8. The Hall–Kier alpha value is -3.18. The van der Waals surface area contributed by atoms with Crippen LogP contribution in [0.5, 0.6) is 23.0 Å². The molecule has 1 fully saturated rings. The van der Waals surface area contributed by atoms with Gasteiger partial charge >= 0.3 is 5.97 Å². The molecule has 1 heterocycles. The number of esters is 1. The van der Waals surface area contributed by atoms with E-state index >= 15 is 0 Å². The van der Waals surface area contributed by atoms with Crippen LogP contribution in [0.2, 0.25) is 0 Å². The molecule has 0 unspecified atom stereocenters. The molecule has 0 radical (unpaired) electrons. The Morgan fingerprint density at radius 3 is 2.38 bits per heavy atom. The molecule has 2 aromatic carbocycles. The van der Waals surface area contributed by atoms with Gasteiger partial charge in [-0.3, -0.25) is 14.5 Å². The first kappa shape index (κ1) is 25.4. The Kier molecular flexibility index (Phi) is 8.83. The SMILES string of the molecule is COC(=O)COc1cc(Br)c(/C=C2\SC(=O)N(CCOc3ccccc3OC)C2=O)cc1OC. The van der Waals surface area contributed by atoms with Crippen LogP contribution in [0, 0.1) is 0 Å². The minimum Gasteiger partial charge on any atom is -0.493 e. The minimum absolute atomic E-state index is 0.0881. The van der Waals surface area contributed by atoms with E-state index in [1.165, 1.54) is 21.3 Å². The summed E-state index contributed by atoms with van der Waals surface area (Å²) in [6.45, 7) is -0.0746. The number of rotatable bonds is 10. The van der Waals surface area contributed by atoms with Gasteiger partial charge in [0, 0.05) is 4.47 Å². The third-order valence-corrected chi connectivity index (χ3v) is 6.25. The number of halogens is 1.